The first kappa shape index (κ1) is 26.8. The molecule has 37 heavy (non-hydrogen) atoms. The predicted octanol–water partition coefficient (Wildman–Crippen LogP) is 4.85. The number of hydrogen-bond acceptors (Lipinski definition) is 7. The minimum atomic E-state index is -0.807. The van der Waals surface area contributed by atoms with Crippen LogP contribution < -0.4 is 10.6 Å². The van der Waals surface area contributed by atoms with Gasteiger partial charge in [0, 0.05) is 38.1 Å². The summed E-state index contributed by atoms with van der Waals surface area (Å²) in [6.07, 6.45) is 2.70. The van der Waals surface area contributed by atoms with E-state index >= 15 is 4.39 Å². The SMILES string of the molecule is Cc1ccnc(C(C)C)c1-n1c(=O)nc(N2CCN(C(=O)OC(C)(C)C)C[C@@H]2C)c2cnc(Cl)c(F)c21. The maximum atomic E-state index is 15.7. The van der Waals surface area contributed by atoms with Crippen molar-refractivity contribution >= 4 is 34.4 Å². The van der Waals surface area contributed by atoms with Crippen molar-refractivity contribution < 1.29 is 13.9 Å². The summed E-state index contributed by atoms with van der Waals surface area (Å²) in [7, 11) is 0. The van der Waals surface area contributed by atoms with Crippen molar-refractivity contribution in [2.45, 2.75) is 66.0 Å². The number of halogens is 2. The number of carbonyl (C=O) groups excluding carboxylic acids is 1. The number of carbonyl (C=O) groups is 1. The summed E-state index contributed by atoms with van der Waals surface area (Å²) < 4.78 is 22.4. The van der Waals surface area contributed by atoms with E-state index in [1.54, 1.807) is 17.2 Å². The fraction of sp³-hybridized carbons (Fsp3) is 0.500. The Morgan fingerprint density at radius 2 is 1.95 bits per heavy atom. The van der Waals surface area contributed by atoms with Crippen LogP contribution in [0.3, 0.4) is 0 Å². The molecule has 0 aromatic carbocycles. The first-order valence-electron chi connectivity index (χ1n) is 12.3. The third-order valence-electron chi connectivity index (χ3n) is 6.28. The van der Waals surface area contributed by atoms with Crippen LogP contribution in [0.5, 0.6) is 0 Å². The predicted molar refractivity (Wildman–Crippen MR) is 141 cm³/mol. The molecule has 0 N–H and O–H groups in total. The van der Waals surface area contributed by atoms with E-state index in [-0.39, 0.29) is 22.6 Å². The van der Waals surface area contributed by atoms with Crippen LogP contribution in [-0.4, -0.2) is 61.8 Å². The molecule has 0 bridgehead atoms. The number of aryl methyl sites for hydroxylation is 1. The van der Waals surface area contributed by atoms with Gasteiger partial charge in [0.15, 0.2) is 11.0 Å². The van der Waals surface area contributed by atoms with Crippen LogP contribution >= 0.6 is 11.6 Å². The van der Waals surface area contributed by atoms with Crippen molar-refractivity contribution in [1.29, 1.82) is 0 Å². The van der Waals surface area contributed by atoms with Gasteiger partial charge in [0.05, 0.1) is 16.8 Å². The smallest absolute Gasteiger partial charge is 0.410 e. The number of aromatic nitrogens is 4. The van der Waals surface area contributed by atoms with Crippen molar-refractivity contribution in [1.82, 2.24) is 24.4 Å². The third-order valence-corrected chi connectivity index (χ3v) is 6.55. The molecular weight excluding hydrogens is 499 g/mol. The molecule has 4 heterocycles. The standard InChI is InChI=1S/C26H32ClFN6O3/c1-14(2)19-20(15(3)8-9-29-19)34-21-17(12-30-22(27)18(21)28)23(31-24(34)35)33-11-10-32(13-16(33)4)25(36)37-26(5,6)7/h8-9,12,14,16H,10-11,13H2,1-7H3/t16-/m0/s1. The average molecular weight is 531 g/mol. The molecule has 4 rings (SSSR count). The molecule has 1 aliphatic heterocycles. The highest BCUT2D eigenvalue weighted by atomic mass is 35.5. The van der Waals surface area contributed by atoms with Crippen LogP contribution in [0.15, 0.2) is 23.3 Å². The van der Waals surface area contributed by atoms with Crippen molar-refractivity contribution in [3.63, 3.8) is 0 Å². The lowest BCUT2D eigenvalue weighted by Gasteiger charge is -2.41. The summed E-state index contributed by atoms with van der Waals surface area (Å²) in [4.78, 5) is 42.6. The molecular formula is C26H32ClFN6O3. The van der Waals surface area contributed by atoms with Crippen LogP contribution in [0, 0.1) is 12.7 Å². The minimum Gasteiger partial charge on any atom is -0.444 e. The van der Waals surface area contributed by atoms with Crippen LogP contribution in [0.25, 0.3) is 16.6 Å². The van der Waals surface area contributed by atoms with Crippen LogP contribution in [-0.2, 0) is 4.74 Å². The van der Waals surface area contributed by atoms with Gasteiger partial charge in [0.25, 0.3) is 0 Å². The lowest BCUT2D eigenvalue weighted by atomic mass is 10.0. The number of amides is 1. The highest BCUT2D eigenvalue weighted by Gasteiger charge is 2.33. The monoisotopic (exact) mass is 530 g/mol. The highest BCUT2D eigenvalue weighted by molar-refractivity contribution is 6.30. The summed E-state index contributed by atoms with van der Waals surface area (Å²) >= 11 is 6.11. The lowest BCUT2D eigenvalue weighted by molar-refractivity contribution is 0.0218. The van der Waals surface area contributed by atoms with Crippen molar-refractivity contribution in [2.75, 3.05) is 24.5 Å². The number of ether oxygens (including phenoxy) is 1. The molecule has 1 amide bonds. The molecule has 9 nitrogen and oxygen atoms in total. The Labute approximate surface area is 220 Å². The minimum absolute atomic E-state index is 0.00484. The molecule has 1 atom stereocenters. The van der Waals surface area contributed by atoms with Gasteiger partial charge in [-0.3, -0.25) is 9.55 Å². The van der Waals surface area contributed by atoms with Gasteiger partial charge in [0.1, 0.15) is 16.9 Å². The molecule has 3 aromatic heterocycles. The maximum Gasteiger partial charge on any atom is 0.410 e. The summed E-state index contributed by atoms with van der Waals surface area (Å²) in [6.45, 7) is 14.2. The van der Waals surface area contributed by atoms with Gasteiger partial charge >= 0.3 is 11.8 Å². The second-order valence-electron chi connectivity index (χ2n) is 10.7. The van der Waals surface area contributed by atoms with Crippen LogP contribution in [0.1, 0.15) is 58.7 Å². The molecule has 198 valence electrons. The van der Waals surface area contributed by atoms with E-state index in [9.17, 15) is 9.59 Å². The van der Waals surface area contributed by atoms with Gasteiger partial charge in [-0.1, -0.05) is 25.4 Å². The number of pyridine rings is 2. The van der Waals surface area contributed by atoms with Crippen molar-refractivity contribution in [2.24, 2.45) is 0 Å². The van der Waals surface area contributed by atoms with E-state index in [1.165, 1.54) is 10.8 Å². The number of fused-ring (bicyclic) bond motifs is 1. The van der Waals surface area contributed by atoms with E-state index in [2.05, 4.69) is 15.0 Å². The van der Waals surface area contributed by atoms with Gasteiger partial charge in [-0.15, -0.1) is 0 Å². The fourth-order valence-electron chi connectivity index (χ4n) is 4.61. The van der Waals surface area contributed by atoms with E-state index < -0.39 is 23.2 Å². The second kappa shape index (κ2) is 9.89. The Kier molecular flexibility index (Phi) is 7.16. The molecule has 0 spiro atoms. The molecule has 0 aliphatic carbocycles. The highest BCUT2D eigenvalue weighted by Crippen LogP contribution is 2.33. The quantitative estimate of drug-likeness (QED) is 0.447. The Bertz CT molecular complexity index is 1420. The molecule has 11 heteroatoms. The normalized spacial score (nSPS) is 16.5. The number of nitrogens with zero attached hydrogens (tertiary/aromatic N) is 6. The van der Waals surface area contributed by atoms with E-state index in [0.29, 0.717) is 42.2 Å². The second-order valence-corrected chi connectivity index (χ2v) is 11.0. The van der Waals surface area contributed by atoms with Gasteiger partial charge in [-0.05, 0) is 52.2 Å². The van der Waals surface area contributed by atoms with Crippen LogP contribution in [0.4, 0.5) is 15.0 Å². The fourth-order valence-corrected chi connectivity index (χ4v) is 4.75. The molecule has 3 aromatic rings. The first-order chi connectivity index (χ1) is 17.3. The lowest BCUT2D eigenvalue weighted by Crippen LogP contribution is -2.55. The summed E-state index contributed by atoms with van der Waals surface area (Å²) in [5.41, 5.74) is 0.614. The van der Waals surface area contributed by atoms with Gasteiger partial charge in [0.2, 0.25) is 0 Å². The zero-order valence-electron chi connectivity index (χ0n) is 22.2. The first-order valence-corrected chi connectivity index (χ1v) is 12.6. The summed E-state index contributed by atoms with van der Waals surface area (Å²) in [6, 6.07) is 1.55. The zero-order valence-corrected chi connectivity index (χ0v) is 22.9. The van der Waals surface area contributed by atoms with Gasteiger partial charge in [-0.25, -0.2) is 19.0 Å². The molecule has 1 aliphatic rings. The molecule has 0 unspecified atom stereocenters. The summed E-state index contributed by atoms with van der Waals surface area (Å²) in [5.74, 6) is -0.543. The van der Waals surface area contributed by atoms with E-state index in [1.807, 2.05) is 53.4 Å². The van der Waals surface area contributed by atoms with E-state index in [0.717, 1.165) is 5.56 Å². The Morgan fingerprint density at radius 3 is 2.57 bits per heavy atom. The average Bonchev–Trinajstić information content (AvgIpc) is 2.80. The van der Waals surface area contributed by atoms with E-state index in [4.69, 9.17) is 16.3 Å². The van der Waals surface area contributed by atoms with Crippen LogP contribution in [0.2, 0.25) is 5.15 Å². The molecule has 1 saturated heterocycles. The zero-order chi connectivity index (χ0) is 27.2. The Hall–Kier alpha value is -3.27. The number of anilines is 1. The third kappa shape index (κ3) is 5.12. The number of hydrogen-bond donors (Lipinski definition) is 0. The summed E-state index contributed by atoms with van der Waals surface area (Å²) in [5, 5.41) is 0.00487. The topological polar surface area (TPSA) is 93.5 Å². The maximum absolute atomic E-state index is 15.7. The van der Waals surface area contributed by atoms with Gasteiger partial charge in [-0.2, -0.15) is 4.98 Å². The van der Waals surface area contributed by atoms with Crippen molar-refractivity contribution in [3.05, 3.63) is 51.2 Å². The molecule has 0 saturated carbocycles. The molecule has 0 radical (unpaired) electrons. The Morgan fingerprint density at radius 1 is 1.24 bits per heavy atom. The van der Waals surface area contributed by atoms with Crippen molar-refractivity contribution in [3.8, 4) is 5.69 Å². The Balaban J connectivity index is 1.86. The number of rotatable bonds is 3. The largest absolute Gasteiger partial charge is 0.444 e. The van der Waals surface area contributed by atoms with Gasteiger partial charge < -0.3 is 14.5 Å². The number of piperazine rings is 1. The molecule has 1 fully saturated rings.